The average Bonchev–Trinajstić information content (AvgIpc) is 2.16. The number of nitrogens with zero attached hydrogens (tertiary/aromatic N) is 2. The molecule has 13 heavy (non-hydrogen) atoms. The fourth-order valence-corrected chi connectivity index (χ4v) is 0.903. The molecule has 0 aliphatic heterocycles. The normalized spacial score (nSPS) is 9.38. The molecule has 0 aromatic carbocycles. The number of hydrogen-bond acceptors (Lipinski definition) is 4. The predicted molar refractivity (Wildman–Crippen MR) is 46.2 cm³/mol. The molecular formula is C8H11N3O2. The van der Waals surface area contributed by atoms with Crippen LogP contribution in [0.1, 0.15) is 11.4 Å². The van der Waals surface area contributed by atoms with E-state index in [2.05, 4.69) is 15.3 Å². The maximum Gasteiger partial charge on any atom is 0.237 e. The van der Waals surface area contributed by atoms with Crippen LogP contribution in [0.4, 0.5) is 0 Å². The van der Waals surface area contributed by atoms with Crippen LogP contribution in [0, 0.1) is 6.92 Å². The highest BCUT2D eigenvalue weighted by Crippen LogP contribution is 2.11. The molecule has 0 bridgehead atoms. The van der Waals surface area contributed by atoms with E-state index in [0.717, 1.165) is 5.69 Å². The molecule has 1 N–H and O–H groups in total. The Hall–Kier alpha value is -1.65. The molecule has 0 aliphatic carbocycles. The van der Waals surface area contributed by atoms with E-state index in [1.807, 2.05) is 6.92 Å². The van der Waals surface area contributed by atoms with E-state index in [1.165, 1.54) is 7.11 Å². The molecule has 0 unspecified atom stereocenters. The molecule has 5 heteroatoms. The smallest absolute Gasteiger partial charge is 0.237 e. The summed E-state index contributed by atoms with van der Waals surface area (Å²) >= 11 is 0. The van der Waals surface area contributed by atoms with E-state index in [-0.39, 0.29) is 0 Å². The maximum atomic E-state index is 10.0. The number of amides is 1. The SMILES string of the molecule is COc1nc(C)cnc1CNC=O. The number of aromatic nitrogens is 2. The summed E-state index contributed by atoms with van der Waals surface area (Å²) in [5, 5.41) is 2.50. The van der Waals surface area contributed by atoms with Crippen LogP contribution in [0.25, 0.3) is 0 Å². The van der Waals surface area contributed by atoms with Gasteiger partial charge in [-0.1, -0.05) is 0 Å². The summed E-state index contributed by atoms with van der Waals surface area (Å²) in [6, 6.07) is 0. The number of rotatable bonds is 4. The second-order valence-electron chi connectivity index (χ2n) is 2.47. The Morgan fingerprint density at radius 1 is 1.69 bits per heavy atom. The first-order valence-corrected chi connectivity index (χ1v) is 3.81. The number of hydrogen-bond donors (Lipinski definition) is 1. The number of methoxy groups -OCH3 is 1. The van der Waals surface area contributed by atoms with Crippen LogP contribution in [-0.2, 0) is 11.3 Å². The summed E-state index contributed by atoms with van der Waals surface area (Å²) in [4.78, 5) is 18.2. The minimum atomic E-state index is 0.333. The quantitative estimate of drug-likeness (QED) is 0.666. The monoisotopic (exact) mass is 181 g/mol. The molecule has 1 heterocycles. The van der Waals surface area contributed by atoms with Gasteiger partial charge in [-0.2, -0.15) is 0 Å². The second-order valence-corrected chi connectivity index (χ2v) is 2.47. The highest BCUT2D eigenvalue weighted by Gasteiger charge is 2.04. The van der Waals surface area contributed by atoms with Gasteiger partial charge in [-0.15, -0.1) is 0 Å². The molecule has 0 fully saturated rings. The molecule has 5 nitrogen and oxygen atoms in total. The number of carbonyl (C=O) groups is 1. The largest absolute Gasteiger partial charge is 0.480 e. The highest BCUT2D eigenvalue weighted by molar-refractivity contribution is 5.46. The third-order valence-electron chi connectivity index (χ3n) is 1.48. The predicted octanol–water partition coefficient (Wildman–Crippen LogP) is 0.0396. The van der Waals surface area contributed by atoms with E-state index < -0.39 is 0 Å². The van der Waals surface area contributed by atoms with Crippen LogP contribution in [0.2, 0.25) is 0 Å². The van der Waals surface area contributed by atoms with E-state index in [1.54, 1.807) is 6.20 Å². The average molecular weight is 181 g/mol. The highest BCUT2D eigenvalue weighted by atomic mass is 16.5. The molecule has 0 saturated carbocycles. The van der Waals surface area contributed by atoms with Crippen LogP contribution < -0.4 is 10.1 Å². The van der Waals surface area contributed by atoms with Gasteiger partial charge in [0, 0.05) is 6.20 Å². The van der Waals surface area contributed by atoms with Gasteiger partial charge < -0.3 is 10.1 Å². The summed E-state index contributed by atoms with van der Waals surface area (Å²) in [5.74, 6) is 0.453. The van der Waals surface area contributed by atoms with Gasteiger partial charge in [-0.3, -0.25) is 9.78 Å². The maximum absolute atomic E-state index is 10.0. The molecule has 70 valence electrons. The Morgan fingerprint density at radius 3 is 3.08 bits per heavy atom. The molecule has 1 amide bonds. The van der Waals surface area contributed by atoms with Gasteiger partial charge in [0.1, 0.15) is 5.69 Å². The zero-order valence-corrected chi connectivity index (χ0v) is 7.57. The number of carbonyl (C=O) groups excluding carboxylic acids is 1. The van der Waals surface area contributed by atoms with Crippen LogP contribution in [-0.4, -0.2) is 23.5 Å². The van der Waals surface area contributed by atoms with Crippen molar-refractivity contribution in [3.63, 3.8) is 0 Å². The van der Waals surface area contributed by atoms with Crippen LogP contribution in [0.15, 0.2) is 6.20 Å². The van der Waals surface area contributed by atoms with Crippen LogP contribution in [0.5, 0.6) is 5.88 Å². The lowest BCUT2D eigenvalue weighted by atomic mass is 10.4. The van der Waals surface area contributed by atoms with E-state index in [9.17, 15) is 4.79 Å². The van der Waals surface area contributed by atoms with Gasteiger partial charge in [0.05, 0.1) is 19.3 Å². The first-order chi connectivity index (χ1) is 6.27. The number of nitrogens with one attached hydrogen (secondary N) is 1. The molecule has 0 spiro atoms. The summed E-state index contributed by atoms with van der Waals surface area (Å²) in [5.41, 5.74) is 1.41. The van der Waals surface area contributed by atoms with E-state index >= 15 is 0 Å². The van der Waals surface area contributed by atoms with Crippen molar-refractivity contribution in [3.05, 3.63) is 17.6 Å². The molecule has 1 aromatic rings. The van der Waals surface area contributed by atoms with Gasteiger partial charge in [0.15, 0.2) is 0 Å². The summed E-state index contributed by atoms with van der Waals surface area (Å²) in [6.45, 7) is 2.16. The van der Waals surface area contributed by atoms with E-state index in [4.69, 9.17) is 4.74 Å². The van der Waals surface area contributed by atoms with Crippen molar-refractivity contribution in [1.82, 2.24) is 15.3 Å². The lowest BCUT2D eigenvalue weighted by Gasteiger charge is -2.05. The zero-order chi connectivity index (χ0) is 9.68. The fourth-order valence-electron chi connectivity index (χ4n) is 0.903. The molecule has 0 aliphatic rings. The van der Waals surface area contributed by atoms with Gasteiger partial charge >= 0.3 is 0 Å². The Balaban J connectivity index is 2.85. The van der Waals surface area contributed by atoms with Crippen LogP contribution >= 0.6 is 0 Å². The Bertz CT molecular complexity index is 301. The first-order valence-electron chi connectivity index (χ1n) is 3.81. The first kappa shape index (κ1) is 9.44. The number of aryl methyl sites for hydroxylation is 1. The molecule has 1 aromatic heterocycles. The third kappa shape index (κ3) is 2.40. The van der Waals surface area contributed by atoms with Crippen molar-refractivity contribution in [3.8, 4) is 5.88 Å². The second kappa shape index (κ2) is 4.39. The minimum absolute atomic E-state index is 0.333. The standard InChI is InChI=1S/C8H11N3O2/c1-6-3-10-7(4-9-5-12)8(11-6)13-2/h3,5H,4H2,1-2H3,(H,9,12). The van der Waals surface area contributed by atoms with Crippen molar-refractivity contribution in [2.45, 2.75) is 13.5 Å². The van der Waals surface area contributed by atoms with Crippen LogP contribution in [0.3, 0.4) is 0 Å². The molecule has 0 radical (unpaired) electrons. The molecule has 0 atom stereocenters. The van der Waals surface area contributed by atoms with Gasteiger partial charge in [-0.05, 0) is 6.92 Å². The van der Waals surface area contributed by atoms with Crippen molar-refractivity contribution >= 4 is 6.41 Å². The lowest BCUT2D eigenvalue weighted by Crippen LogP contribution is -2.13. The van der Waals surface area contributed by atoms with Crippen molar-refractivity contribution in [1.29, 1.82) is 0 Å². The third-order valence-corrected chi connectivity index (χ3v) is 1.48. The van der Waals surface area contributed by atoms with Crippen molar-refractivity contribution in [2.24, 2.45) is 0 Å². The van der Waals surface area contributed by atoms with Gasteiger partial charge in [0.25, 0.3) is 0 Å². The van der Waals surface area contributed by atoms with E-state index in [0.29, 0.717) is 24.5 Å². The molecular weight excluding hydrogens is 170 g/mol. The molecule has 1 rings (SSSR count). The Kier molecular flexibility index (Phi) is 3.19. The topological polar surface area (TPSA) is 64.1 Å². The summed E-state index contributed by atoms with van der Waals surface area (Å²) in [7, 11) is 1.52. The Morgan fingerprint density at radius 2 is 2.46 bits per heavy atom. The summed E-state index contributed by atoms with van der Waals surface area (Å²) in [6.07, 6.45) is 2.24. The fraction of sp³-hybridized carbons (Fsp3) is 0.375. The zero-order valence-electron chi connectivity index (χ0n) is 7.57. The molecule has 0 saturated heterocycles. The minimum Gasteiger partial charge on any atom is -0.480 e. The lowest BCUT2D eigenvalue weighted by molar-refractivity contribution is -0.109. The Labute approximate surface area is 76.2 Å². The number of ether oxygens (including phenoxy) is 1. The van der Waals surface area contributed by atoms with Crippen molar-refractivity contribution < 1.29 is 9.53 Å². The van der Waals surface area contributed by atoms with Gasteiger partial charge in [-0.25, -0.2) is 4.98 Å². The van der Waals surface area contributed by atoms with Crippen molar-refractivity contribution in [2.75, 3.05) is 7.11 Å². The van der Waals surface area contributed by atoms with Gasteiger partial charge in [0.2, 0.25) is 12.3 Å². The summed E-state index contributed by atoms with van der Waals surface area (Å²) < 4.78 is 4.99.